The Bertz CT molecular complexity index is 649. The third kappa shape index (κ3) is 3.19. The molecule has 0 fully saturated rings. The van der Waals surface area contributed by atoms with Gasteiger partial charge in [-0.05, 0) is 28.1 Å². The summed E-state index contributed by atoms with van der Waals surface area (Å²) in [5.41, 5.74) is 5.55. The summed E-state index contributed by atoms with van der Waals surface area (Å²) >= 11 is 3.02. The number of nitrogens with two attached hydrogens (primary N) is 1. The van der Waals surface area contributed by atoms with Crippen LogP contribution in [0.4, 0.5) is 15.8 Å². The first-order chi connectivity index (χ1) is 8.95. The predicted octanol–water partition coefficient (Wildman–Crippen LogP) is 3.87. The molecular formula is C12H8BrFN2O3. The minimum atomic E-state index is -0.578. The quantitative estimate of drug-likeness (QED) is 0.527. The normalized spacial score (nSPS) is 10.2. The lowest BCUT2D eigenvalue weighted by Crippen LogP contribution is -1.94. The van der Waals surface area contributed by atoms with Crippen LogP contribution < -0.4 is 10.5 Å². The van der Waals surface area contributed by atoms with Gasteiger partial charge in [-0.2, -0.15) is 0 Å². The van der Waals surface area contributed by atoms with Gasteiger partial charge < -0.3 is 10.5 Å². The second-order valence-electron chi connectivity index (χ2n) is 3.70. The minimum Gasteiger partial charge on any atom is -0.457 e. The van der Waals surface area contributed by atoms with E-state index in [2.05, 4.69) is 15.9 Å². The van der Waals surface area contributed by atoms with Crippen molar-refractivity contribution in [3.63, 3.8) is 0 Å². The molecule has 0 atom stereocenters. The molecule has 98 valence electrons. The number of nitro groups is 1. The van der Waals surface area contributed by atoms with E-state index >= 15 is 0 Å². The van der Waals surface area contributed by atoms with Crippen LogP contribution in [0.15, 0.2) is 40.9 Å². The number of hydrogen-bond acceptors (Lipinski definition) is 4. The summed E-state index contributed by atoms with van der Waals surface area (Å²) in [4.78, 5) is 10.1. The SMILES string of the molecule is Nc1cc(Oc2ccc(Br)c(F)c2)cc([N+](=O)[O-])c1. The second-order valence-corrected chi connectivity index (χ2v) is 4.55. The molecule has 0 saturated carbocycles. The number of anilines is 1. The Hall–Kier alpha value is -2.15. The number of rotatable bonds is 3. The summed E-state index contributed by atoms with van der Waals surface area (Å²) in [6.07, 6.45) is 0. The van der Waals surface area contributed by atoms with Crippen molar-refractivity contribution < 1.29 is 14.1 Å². The average Bonchev–Trinajstić information content (AvgIpc) is 2.33. The van der Waals surface area contributed by atoms with Gasteiger partial charge in [-0.1, -0.05) is 0 Å². The van der Waals surface area contributed by atoms with Gasteiger partial charge in [-0.25, -0.2) is 4.39 Å². The largest absolute Gasteiger partial charge is 0.457 e. The number of nitro benzene ring substituents is 1. The van der Waals surface area contributed by atoms with Gasteiger partial charge in [-0.3, -0.25) is 10.1 Å². The van der Waals surface area contributed by atoms with Gasteiger partial charge in [-0.15, -0.1) is 0 Å². The summed E-state index contributed by atoms with van der Waals surface area (Å²) in [7, 11) is 0. The second kappa shape index (κ2) is 5.23. The Morgan fingerprint density at radius 1 is 1.21 bits per heavy atom. The van der Waals surface area contributed by atoms with Gasteiger partial charge in [0.15, 0.2) is 0 Å². The van der Waals surface area contributed by atoms with E-state index in [-0.39, 0.29) is 22.9 Å². The first kappa shape index (κ1) is 13.3. The van der Waals surface area contributed by atoms with Crippen molar-refractivity contribution in [3.05, 3.63) is 56.8 Å². The molecule has 7 heteroatoms. The first-order valence-electron chi connectivity index (χ1n) is 5.13. The van der Waals surface area contributed by atoms with Crippen LogP contribution in [-0.2, 0) is 0 Å². The number of nitrogen functional groups attached to an aromatic ring is 1. The van der Waals surface area contributed by atoms with E-state index in [1.54, 1.807) is 0 Å². The van der Waals surface area contributed by atoms with E-state index in [0.29, 0.717) is 4.47 Å². The molecule has 19 heavy (non-hydrogen) atoms. The van der Waals surface area contributed by atoms with Crippen molar-refractivity contribution in [2.45, 2.75) is 0 Å². The van der Waals surface area contributed by atoms with Crippen molar-refractivity contribution in [3.8, 4) is 11.5 Å². The highest BCUT2D eigenvalue weighted by Crippen LogP contribution is 2.30. The minimum absolute atomic E-state index is 0.174. The number of ether oxygens (including phenoxy) is 1. The highest BCUT2D eigenvalue weighted by Gasteiger charge is 2.10. The Labute approximate surface area is 116 Å². The predicted molar refractivity (Wildman–Crippen MR) is 71.7 cm³/mol. The molecule has 2 rings (SSSR count). The molecule has 0 aliphatic heterocycles. The zero-order chi connectivity index (χ0) is 14.0. The first-order valence-corrected chi connectivity index (χ1v) is 5.93. The molecule has 2 aromatic carbocycles. The Morgan fingerprint density at radius 3 is 2.58 bits per heavy atom. The fourth-order valence-corrected chi connectivity index (χ4v) is 1.69. The summed E-state index contributed by atoms with van der Waals surface area (Å²) in [5, 5.41) is 10.7. The topological polar surface area (TPSA) is 78.4 Å². The summed E-state index contributed by atoms with van der Waals surface area (Å²) < 4.78 is 19.0. The molecule has 0 aromatic heterocycles. The molecule has 5 nitrogen and oxygen atoms in total. The van der Waals surface area contributed by atoms with E-state index in [1.165, 1.54) is 36.4 Å². The Kier molecular flexibility index (Phi) is 3.66. The monoisotopic (exact) mass is 326 g/mol. The number of non-ortho nitro benzene ring substituents is 1. The summed E-state index contributed by atoms with van der Waals surface area (Å²) in [6, 6.07) is 8.03. The lowest BCUT2D eigenvalue weighted by Gasteiger charge is -2.07. The van der Waals surface area contributed by atoms with E-state index in [9.17, 15) is 14.5 Å². The number of hydrogen-bond donors (Lipinski definition) is 1. The molecule has 0 saturated heterocycles. The highest BCUT2D eigenvalue weighted by atomic mass is 79.9. The van der Waals surface area contributed by atoms with Crippen LogP contribution in [0.5, 0.6) is 11.5 Å². The molecule has 0 radical (unpaired) electrons. The summed E-state index contributed by atoms with van der Waals surface area (Å²) in [5.74, 6) is -0.0927. The maximum Gasteiger partial charge on any atom is 0.275 e. The third-order valence-electron chi connectivity index (χ3n) is 2.25. The standard InChI is InChI=1S/C12H8BrFN2O3/c13-11-2-1-9(6-12(11)14)19-10-4-7(15)3-8(5-10)16(17)18/h1-6H,15H2. The fourth-order valence-electron chi connectivity index (χ4n) is 1.45. The molecule has 0 aliphatic carbocycles. The van der Waals surface area contributed by atoms with Crippen LogP contribution >= 0.6 is 15.9 Å². The molecule has 0 amide bonds. The Morgan fingerprint density at radius 2 is 1.95 bits per heavy atom. The number of halogens is 2. The zero-order valence-corrected chi connectivity index (χ0v) is 11.1. The van der Waals surface area contributed by atoms with Crippen LogP contribution in [0.1, 0.15) is 0 Å². The van der Waals surface area contributed by atoms with Crippen LogP contribution in [0.2, 0.25) is 0 Å². The maximum absolute atomic E-state index is 13.3. The lowest BCUT2D eigenvalue weighted by molar-refractivity contribution is -0.384. The molecule has 0 heterocycles. The van der Waals surface area contributed by atoms with Crippen molar-refractivity contribution in [1.82, 2.24) is 0 Å². The van der Waals surface area contributed by atoms with Crippen LogP contribution in [0.3, 0.4) is 0 Å². The zero-order valence-electron chi connectivity index (χ0n) is 9.47. The molecule has 2 N–H and O–H groups in total. The van der Waals surface area contributed by atoms with E-state index in [0.717, 1.165) is 0 Å². The molecule has 0 aliphatic rings. The molecule has 0 spiro atoms. The van der Waals surface area contributed by atoms with E-state index < -0.39 is 10.7 Å². The average molecular weight is 327 g/mol. The van der Waals surface area contributed by atoms with E-state index in [4.69, 9.17) is 10.5 Å². The van der Waals surface area contributed by atoms with Crippen molar-refractivity contribution >= 4 is 27.3 Å². The fraction of sp³-hybridized carbons (Fsp3) is 0. The lowest BCUT2D eigenvalue weighted by atomic mass is 10.2. The third-order valence-corrected chi connectivity index (χ3v) is 2.89. The van der Waals surface area contributed by atoms with Gasteiger partial charge in [0.2, 0.25) is 0 Å². The van der Waals surface area contributed by atoms with Crippen LogP contribution in [0.25, 0.3) is 0 Å². The maximum atomic E-state index is 13.3. The van der Waals surface area contributed by atoms with Gasteiger partial charge >= 0.3 is 0 Å². The Balaban J connectivity index is 2.32. The van der Waals surface area contributed by atoms with Gasteiger partial charge in [0, 0.05) is 23.9 Å². The molecular weight excluding hydrogens is 319 g/mol. The van der Waals surface area contributed by atoms with Crippen molar-refractivity contribution in [1.29, 1.82) is 0 Å². The van der Waals surface area contributed by atoms with Crippen molar-refractivity contribution in [2.75, 3.05) is 5.73 Å². The van der Waals surface area contributed by atoms with Gasteiger partial charge in [0.05, 0.1) is 15.5 Å². The summed E-state index contributed by atoms with van der Waals surface area (Å²) in [6.45, 7) is 0. The number of benzene rings is 2. The van der Waals surface area contributed by atoms with Gasteiger partial charge in [0.1, 0.15) is 17.3 Å². The van der Waals surface area contributed by atoms with Crippen LogP contribution in [-0.4, -0.2) is 4.92 Å². The molecule has 0 unspecified atom stereocenters. The highest BCUT2D eigenvalue weighted by molar-refractivity contribution is 9.10. The van der Waals surface area contributed by atoms with Crippen LogP contribution in [0, 0.1) is 15.9 Å². The molecule has 2 aromatic rings. The van der Waals surface area contributed by atoms with Gasteiger partial charge in [0.25, 0.3) is 5.69 Å². The van der Waals surface area contributed by atoms with E-state index in [1.807, 2.05) is 0 Å². The molecule has 0 bridgehead atoms. The number of nitrogens with zero attached hydrogens (tertiary/aromatic N) is 1. The van der Waals surface area contributed by atoms with Crippen molar-refractivity contribution in [2.24, 2.45) is 0 Å². The smallest absolute Gasteiger partial charge is 0.275 e.